The van der Waals surface area contributed by atoms with Gasteiger partial charge in [0.2, 0.25) is 0 Å². The van der Waals surface area contributed by atoms with Crippen molar-refractivity contribution in [1.29, 1.82) is 0 Å². The summed E-state index contributed by atoms with van der Waals surface area (Å²) in [7, 11) is 0. The van der Waals surface area contributed by atoms with Gasteiger partial charge in [0.1, 0.15) is 11.6 Å². The fourth-order valence-corrected chi connectivity index (χ4v) is 2.64. The molecule has 0 saturated carbocycles. The number of hydrogen-bond acceptors (Lipinski definition) is 0. The number of rotatable bonds is 1. The molecule has 0 amide bonds. The largest absolute Gasteiger partial charge is 0.360 e. The number of hydrogen-bond donors (Lipinski definition) is 2. The second-order valence-electron chi connectivity index (χ2n) is 4.78. The number of fused-ring (bicyclic) bond motifs is 2. The molecule has 0 atom stereocenters. The molecule has 0 aliphatic heterocycles. The van der Waals surface area contributed by atoms with Crippen LogP contribution >= 0.6 is 0 Å². The van der Waals surface area contributed by atoms with Crippen LogP contribution in [0, 0.1) is 11.6 Å². The first kappa shape index (κ1) is 11.2. The molecule has 0 unspecified atom stereocenters. The summed E-state index contributed by atoms with van der Waals surface area (Å²) < 4.78 is 26.4. The summed E-state index contributed by atoms with van der Waals surface area (Å²) in [6, 6.07) is 9.31. The fourth-order valence-electron chi connectivity index (χ4n) is 2.64. The minimum atomic E-state index is -0.271. The van der Waals surface area contributed by atoms with Crippen molar-refractivity contribution in [3.63, 3.8) is 0 Å². The SMILES string of the molecule is Fc1ccc2c(-c3c[nH]c4cc(F)ccc34)c[nH]c2c1. The Balaban J connectivity index is 2.01. The minimum absolute atomic E-state index is 0.271. The van der Waals surface area contributed by atoms with Crippen LogP contribution in [0.1, 0.15) is 0 Å². The van der Waals surface area contributed by atoms with Crippen LogP contribution in [0.3, 0.4) is 0 Å². The predicted molar refractivity (Wildman–Crippen MR) is 75.5 cm³/mol. The molecule has 0 aliphatic carbocycles. The number of aromatic amines is 2. The van der Waals surface area contributed by atoms with Crippen LogP contribution in [0.15, 0.2) is 48.8 Å². The van der Waals surface area contributed by atoms with Gasteiger partial charge < -0.3 is 9.97 Å². The normalized spacial score (nSPS) is 11.5. The Hall–Kier alpha value is -2.62. The topological polar surface area (TPSA) is 31.6 Å². The highest BCUT2D eigenvalue weighted by Crippen LogP contribution is 2.34. The molecular weight excluding hydrogens is 258 g/mol. The van der Waals surface area contributed by atoms with Gasteiger partial charge in [0.25, 0.3) is 0 Å². The van der Waals surface area contributed by atoms with Crippen molar-refractivity contribution in [3.8, 4) is 11.1 Å². The van der Waals surface area contributed by atoms with E-state index in [0.29, 0.717) is 0 Å². The monoisotopic (exact) mass is 268 g/mol. The van der Waals surface area contributed by atoms with E-state index in [2.05, 4.69) is 9.97 Å². The molecule has 2 heterocycles. The first-order valence-corrected chi connectivity index (χ1v) is 6.26. The van der Waals surface area contributed by atoms with Crippen molar-refractivity contribution in [3.05, 3.63) is 60.4 Å². The van der Waals surface area contributed by atoms with E-state index in [-0.39, 0.29) is 11.6 Å². The zero-order valence-electron chi connectivity index (χ0n) is 10.4. The number of aromatic nitrogens is 2. The lowest BCUT2D eigenvalue weighted by atomic mass is 10.0. The third kappa shape index (κ3) is 1.54. The highest BCUT2D eigenvalue weighted by atomic mass is 19.1. The highest BCUT2D eigenvalue weighted by molar-refractivity contribution is 6.04. The summed E-state index contributed by atoms with van der Waals surface area (Å²) in [6.45, 7) is 0. The van der Waals surface area contributed by atoms with Gasteiger partial charge in [-0.05, 0) is 36.4 Å². The van der Waals surface area contributed by atoms with E-state index in [1.54, 1.807) is 12.1 Å². The number of H-pyrrole nitrogens is 2. The summed E-state index contributed by atoms with van der Waals surface area (Å²) in [5.41, 5.74) is 3.43. The van der Waals surface area contributed by atoms with E-state index in [9.17, 15) is 8.78 Å². The molecule has 2 aromatic carbocycles. The molecular formula is C16H10F2N2. The first-order valence-electron chi connectivity index (χ1n) is 6.26. The molecule has 0 radical (unpaired) electrons. The molecule has 2 nitrogen and oxygen atoms in total. The average Bonchev–Trinajstić information content (AvgIpc) is 3.01. The van der Waals surface area contributed by atoms with E-state index in [0.717, 1.165) is 32.9 Å². The Morgan fingerprint density at radius 3 is 1.55 bits per heavy atom. The highest BCUT2D eigenvalue weighted by Gasteiger charge is 2.11. The molecule has 0 aliphatic rings. The van der Waals surface area contributed by atoms with Crippen molar-refractivity contribution in [1.82, 2.24) is 9.97 Å². The van der Waals surface area contributed by atoms with Crippen molar-refractivity contribution in [2.75, 3.05) is 0 Å². The van der Waals surface area contributed by atoms with Crippen LogP contribution in [-0.4, -0.2) is 9.97 Å². The zero-order valence-corrected chi connectivity index (χ0v) is 10.4. The Kier molecular flexibility index (Phi) is 2.21. The van der Waals surface area contributed by atoms with E-state index < -0.39 is 0 Å². The van der Waals surface area contributed by atoms with E-state index in [1.807, 2.05) is 12.4 Å². The molecule has 0 bridgehead atoms. The van der Waals surface area contributed by atoms with Gasteiger partial charge in [0.15, 0.2) is 0 Å². The summed E-state index contributed by atoms with van der Waals surface area (Å²) in [5.74, 6) is -0.543. The first-order chi connectivity index (χ1) is 9.72. The summed E-state index contributed by atoms with van der Waals surface area (Å²) >= 11 is 0. The summed E-state index contributed by atoms with van der Waals surface area (Å²) in [5, 5.41) is 1.88. The predicted octanol–water partition coefficient (Wildman–Crippen LogP) is 4.59. The van der Waals surface area contributed by atoms with Gasteiger partial charge in [-0.3, -0.25) is 0 Å². The van der Waals surface area contributed by atoms with Crippen LogP contribution in [0.4, 0.5) is 8.78 Å². The Labute approximate surface area is 113 Å². The van der Waals surface area contributed by atoms with Crippen molar-refractivity contribution >= 4 is 21.8 Å². The van der Waals surface area contributed by atoms with Crippen LogP contribution in [0.5, 0.6) is 0 Å². The second kappa shape index (κ2) is 3.93. The molecule has 0 fully saturated rings. The standard InChI is InChI=1S/C16H10F2N2/c17-9-1-3-11-13(7-19-15(11)5-9)14-8-20-16-6-10(18)2-4-12(14)16/h1-8,19-20H. The number of nitrogens with one attached hydrogen (secondary N) is 2. The van der Waals surface area contributed by atoms with Crippen molar-refractivity contribution in [2.45, 2.75) is 0 Å². The van der Waals surface area contributed by atoms with Gasteiger partial charge in [0.05, 0.1) is 0 Å². The molecule has 0 spiro atoms. The molecule has 4 heteroatoms. The Bertz CT molecular complexity index is 856. The molecule has 4 rings (SSSR count). The van der Waals surface area contributed by atoms with Gasteiger partial charge in [-0.2, -0.15) is 0 Å². The molecule has 20 heavy (non-hydrogen) atoms. The smallest absolute Gasteiger partial charge is 0.125 e. The van der Waals surface area contributed by atoms with Crippen LogP contribution in [-0.2, 0) is 0 Å². The van der Waals surface area contributed by atoms with Crippen LogP contribution < -0.4 is 0 Å². The number of halogens is 2. The van der Waals surface area contributed by atoms with Gasteiger partial charge in [-0.15, -0.1) is 0 Å². The maximum absolute atomic E-state index is 13.2. The Morgan fingerprint density at radius 1 is 0.650 bits per heavy atom. The van der Waals surface area contributed by atoms with Gasteiger partial charge in [-0.1, -0.05) is 0 Å². The average molecular weight is 268 g/mol. The van der Waals surface area contributed by atoms with E-state index in [1.165, 1.54) is 24.3 Å². The number of benzene rings is 2. The van der Waals surface area contributed by atoms with E-state index in [4.69, 9.17) is 0 Å². The van der Waals surface area contributed by atoms with Crippen LogP contribution in [0.2, 0.25) is 0 Å². The molecule has 2 aromatic heterocycles. The minimum Gasteiger partial charge on any atom is -0.360 e. The van der Waals surface area contributed by atoms with Gasteiger partial charge in [0, 0.05) is 45.3 Å². The lowest BCUT2D eigenvalue weighted by Gasteiger charge is -1.98. The summed E-state index contributed by atoms with van der Waals surface area (Å²) in [6.07, 6.45) is 3.69. The molecule has 0 saturated heterocycles. The third-order valence-corrected chi connectivity index (χ3v) is 3.58. The van der Waals surface area contributed by atoms with Crippen molar-refractivity contribution < 1.29 is 8.78 Å². The van der Waals surface area contributed by atoms with E-state index >= 15 is 0 Å². The molecule has 2 N–H and O–H groups in total. The van der Waals surface area contributed by atoms with Crippen LogP contribution in [0.25, 0.3) is 32.9 Å². The van der Waals surface area contributed by atoms with Gasteiger partial charge in [-0.25, -0.2) is 8.78 Å². The zero-order chi connectivity index (χ0) is 13.7. The fraction of sp³-hybridized carbons (Fsp3) is 0. The molecule has 4 aromatic rings. The lowest BCUT2D eigenvalue weighted by molar-refractivity contribution is 0.629. The van der Waals surface area contributed by atoms with Crippen molar-refractivity contribution in [2.24, 2.45) is 0 Å². The maximum atomic E-state index is 13.2. The van der Waals surface area contributed by atoms with Gasteiger partial charge >= 0.3 is 0 Å². The lowest BCUT2D eigenvalue weighted by Crippen LogP contribution is -1.76. The second-order valence-corrected chi connectivity index (χ2v) is 4.78. The quantitative estimate of drug-likeness (QED) is 0.506. The maximum Gasteiger partial charge on any atom is 0.125 e. The summed E-state index contributed by atoms with van der Waals surface area (Å²) in [4.78, 5) is 6.13. The third-order valence-electron chi connectivity index (χ3n) is 3.58. The molecule has 98 valence electrons. The Morgan fingerprint density at radius 2 is 1.10 bits per heavy atom.